The van der Waals surface area contributed by atoms with Crippen molar-refractivity contribution < 1.29 is 9.53 Å². The van der Waals surface area contributed by atoms with E-state index in [1.165, 1.54) is 44.4 Å². The minimum absolute atomic E-state index is 0.265. The summed E-state index contributed by atoms with van der Waals surface area (Å²) in [6.07, 6.45) is 3.32. The molecule has 1 aromatic heterocycles. The van der Waals surface area contributed by atoms with Gasteiger partial charge in [-0.15, -0.1) is 0 Å². The number of allylic oxidation sites excluding steroid dienone is 1. The molecule has 0 radical (unpaired) electrons. The Bertz CT molecular complexity index is 1410. The fourth-order valence-corrected chi connectivity index (χ4v) is 5.46. The first-order valence-electron chi connectivity index (χ1n) is 11.4. The van der Waals surface area contributed by atoms with Crippen LogP contribution >= 0.6 is 0 Å². The highest BCUT2D eigenvalue weighted by atomic mass is 16.5. The van der Waals surface area contributed by atoms with Crippen LogP contribution in [0, 0.1) is 0 Å². The zero-order valence-corrected chi connectivity index (χ0v) is 18.2. The molecule has 4 aromatic rings. The van der Waals surface area contributed by atoms with Gasteiger partial charge in [-0.25, -0.2) is 4.79 Å². The summed E-state index contributed by atoms with van der Waals surface area (Å²) in [6.45, 7) is 3.08. The molecule has 2 heterocycles. The van der Waals surface area contributed by atoms with Crippen LogP contribution in [-0.2, 0) is 17.7 Å². The van der Waals surface area contributed by atoms with Crippen LogP contribution in [0.3, 0.4) is 0 Å². The van der Waals surface area contributed by atoms with Crippen LogP contribution in [0.2, 0.25) is 0 Å². The molecule has 0 fully saturated rings. The lowest BCUT2D eigenvalue weighted by molar-refractivity contribution is 0.0526. The van der Waals surface area contributed by atoms with E-state index in [1.807, 2.05) is 25.1 Å². The van der Waals surface area contributed by atoms with Crippen LogP contribution in [-0.4, -0.2) is 17.1 Å². The third kappa shape index (κ3) is 2.92. The van der Waals surface area contributed by atoms with Crippen molar-refractivity contribution in [1.29, 1.82) is 0 Å². The van der Waals surface area contributed by atoms with Crippen LogP contribution in [0.25, 0.3) is 22.0 Å². The number of ether oxygens (including phenoxy) is 1. The summed E-state index contributed by atoms with van der Waals surface area (Å²) in [5.41, 5.74) is 11.1. The molecule has 32 heavy (non-hydrogen) atoms. The normalized spacial score (nSPS) is 14.7. The lowest BCUT2D eigenvalue weighted by atomic mass is 9.80. The number of rotatable bonds is 3. The average molecular weight is 420 g/mol. The summed E-state index contributed by atoms with van der Waals surface area (Å²) >= 11 is 0. The van der Waals surface area contributed by atoms with E-state index in [0.717, 1.165) is 31.4 Å². The molecule has 158 valence electrons. The second kappa shape index (κ2) is 7.52. The SMILES string of the molecule is CCOC(=O)c1cccc(C2=C3CCCc4cccc(c43)Cn3c2cc2ccccc23)c1. The van der Waals surface area contributed by atoms with Gasteiger partial charge in [0.1, 0.15) is 0 Å². The number of hydrogen-bond donors (Lipinski definition) is 0. The number of benzene rings is 3. The summed E-state index contributed by atoms with van der Waals surface area (Å²) in [7, 11) is 0. The maximum atomic E-state index is 12.5. The van der Waals surface area contributed by atoms with Crippen molar-refractivity contribution in [1.82, 2.24) is 4.57 Å². The van der Waals surface area contributed by atoms with Crippen molar-refractivity contribution in [3.63, 3.8) is 0 Å². The maximum absolute atomic E-state index is 12.5. The first kappa shape index (κ1) is 19.1. The van der Waals surface area contributed by atoms with Crippen molar-refractivity contribution in [2.75, 3.05) is 6.61 Å². The molecule has 2 aliphatic rings. The number of para-hydroxylation sites is 1. The van der Waals surface area contributed by atoms with E-state index in [-0.39, 0.29) is 5.97 Å². The molecular weight excluding hydrogens is 394 g/mol. The van der Waals surface area contributed by atoms with Crippen LogP contribution in [0.15, 0.2) is 72.8 Å². The predicted octanol–water partition coefficient (Wildman–Crippen LogP) is 6.48. The second-order valence-electron chi connectivity index (χ2n) is 8.63. The van der Waals surface area contributed by atoms with E-state index in [4.69, 9.17) is 4.74 Å². The quantitative estimate of drug-likeness (QED) is 0.356. The van der Waals surface area contributed by atoms with Crippen LogP contribution < -0.4 is 0 Å². The van der Waals surface area contributed by atoms with Gasteiger partial charge in [-0.05, 0) is 78.3 Å². The summed E-state index contributed by atoms with van der Waals surface area (Å²) in [6, 6.07) is 25.6. The zero-order chi connectivity index (χ0) is 21.7. The smallest absolute Gasteiger partial charge is 0.338 e. The highest BCUT2D eigenvalue weighted by Crippen LogP contribution is 2.45. The highest BCUT2D eigenvalue weighted by Gasteiger charge is 2.28. The molecule has 0 saturated carbocycles. The topological polar surface area (TPSA) is 31.2 Å². The van der Waals surface area contributed by atoms with Gasteiger partial charge in [0.15, 0.2) is 0 Å². The molecule has 0 amide bonds. The highest BCUT2D eigenvalue weighted by molar-refractivity contribution is 6.04. The number of carbonyl (C=O) groups excluding carboxylic acids is 1. The number of fused-ring (bicyclic) bond motifs is 3. The Hall–Kier alpha value is -3.59. The molecule has 3 heteroatoms. The van der Waals surface area contributed by atoms with Crippen LogP contribution in [0.1, 0.15) is 58.1 Å². The molecule has 0 saturated heterocycles. The van der Waals surface area contributed by atoms with E-state index in [1.54, 1.807) is 0 Å². The molecular formula is C29H25NO2. The van der Waals surface area contributed by atoms with Crippen molar-refractivity contribution in [2.45, 2.75) is 32.7 Å². The van der Waals surface area contributed by atoms with Crippen molar-refractivity contribution in [3.05, 3.63) is 106 Å². The number of esters is 1. The fourth-order valence-electron chi connectivity index (χ4n) is 5.46. The van der Waals surface area contributed by atoms with Gasteiger partial charge in [0.25, 0.3) is 0 Å². The van der Waals surface area contributed by atoms with Crippen LogP contribution in [0.4, 0.5) is 0 Å². The minimum Gasteiger partial charge on any atom is -0.462 e. The second-order valence-corrected chi connectivity index (χ2v) is 8.63. The predicted molar refractivity (Wildman–Crippen MR) is 129 cm³/mol. The van der Waals surface area contributed by atoms with E-state index in [2.05, 4.69) is 59.2 Å². The first-order chi connectivity index (χ1) is 15.7. The van der Waals surface area contributed by atoms with Gasteiger partial charge < -0.3 is 9.30 Å². The minimum atomic E-state index is -0.265. The Morgan fingerprint density at radius 3 is 2.69 bits per heavy atom. The van der Waals surface area contributed by atoms with Crippen molar-refractivity contribution in [2.24, 2.45) is 0 Å². The van der Waals surface area contributed by atoms with E-state index >= 15 is 0 Å². The zero-order valence-electron chi connectivity index (χ0n) is 18.2. The van der Waals surface area contributed by atoms with Gasteiger partial charge in [-0.2, -0.15) is 0 Å². The molecule has 0 atom stereocenters. The van der Waals surface area contributed by atoms with Gasteiger partial charge in [0.05, 0.1) is 17.9 Å². The van der Waals surface area contributed by atoms with E-state index < -0.39 is 0 Å². The number of aryl methyl sites for hydroxylation is 1. The largest absolute Gasteiger partial charge is 0.462 e. The first-order valence-corrected chi connectivity index (χ1v) is 11.4. The number of nitrogens with zero attached hydrogens (tertiary/aromatic N) is 1. The van der Waals surface area contributed by atoms with Gasteiger partial charge in [0.2, 0.25) is 0 Å². The summed E-state index contributed by atoms with van der Waals surface area (Å²) in [5.74, 6) is -0.265. The average Bonchev–Trinajstić information content (AvgIpc) is 3.11. The molecule has 0 spiro atoms. The summed E-state index contributed by atoms with van der Waals surface area (Å²) < 4.78 is 7.74. The maximum Gasteiger partial charge on any atom is 0.338 e. The summed E-state index contributed by atoms with van der Waals surface area (Å²) in [4.78, 5) is 12.5. The fraction of sp³-hybridized carbons (Fsp3) is 0.207. The number of aromatic nitrogens is 1. The third-order valence-corrected chi connectivity index (χ3v) is 6.77. The molecule has 1 aliphatic heterocycles. The summed E-state index contributed by atoms with van der Waals surface area (Å²) in [5, 5.41) is 1.25. The Morgan fingerprint density at radius 2 is 1.78 bits per heavy atom. The standard InChI is InChI=1S/C29H25NO2/c1-2-32-29(31)22-12-6-11-21(16-22)28-24-14-7-10-19-9-5-13-23(27(19)24)18-30-25-15-4-3-8-20(25)17-26(28)30/h3-6,8-9,11-13,15-17H,2,7,10,14,18H2,1H3. The monoisotopic (exact) mass is 419 g/mol. The van der Waals surface area contributed by atoms with E-state index in [0.29, 0.717) is 12.2 Å². The Labute approximate surface area is 188 Å². The Balaban J connectivity index is 1.68. The molecule has 0 N–H and O–H groups in total. The molecule has 6 rings (SSSR count). The molecule has 1 aliphatic carbocycles. The van der Waals surface area contributed by atoms with Gasteiger partial charge in [-0.3, -0.25) is 0 Å². The molecule has 3 aromatic carbocycles. The molecule has 3 nitrogen and oxygen atoms in total. The van der Waals surface area contributed by atoms with Crippen molar-refractivity contribution >= 4 is 28.0 Å². The van der Waals surface area contributed by atoms with Gasteiger partial charge in [-0.1, -0.05) is 48.5 Å². The number of hydrogen-bond acceptors (Lipinski definition) is 2. The third-order valence-electron chi connectivity index (χ3n) is 6.77. The van der Waals surface area contributed by atoms with Crippen LogP contribution in [0.5, 0.6) is 0 Å². The lowest BCUT2D eigenvalue weighted by Crippen LogP contribution is -2.07. The van der Waals surface area contributed by atoms with E-state index in [9.17, 15) is 4.79 Å². The molecule has 0 bridgehead atoms. The number of carbonyl (C=O) groups is 1. The van der Waals surface area contributed by atoms with Crippen molar-refractivity contribution in [3.8, 4) is 0 Å². The Kier molecular flexibility index (Phi) is 4.50. The lowest BCUT2D eigenvalue weighted by Gasteiger charge is -2.23. The Morgan fingerprint density at radius 1 is 0.938 bits per heavy atom. The molecule has 0 unspecified atom stereocenters. The van der Waals surface area contributed by atoms with Gasteiger partial charge in [0, 0.05) is 23.0 Å². The van der Waals surface area contributed by atoms with Gasteiger partial charge >= 0.3 is 5.97 Å².